The van der Waals surface area contributed by atoms with E-state index in [0.717, 1.165) is 18.8 Å². The molecule has 1 heterocycles. The van der Waals surface area contributed by atoms with Crippen molar-refractivity contribution in [2.75, 3.05) is 38.2 Å². The lowest BCUT2D eigenvalue weighted by Crippen LogP contribution is -2.41. The molecule has 1 N–H and O–H groups in total. The van der Waals surface area contributed by atoms with E-state index in [1.54, 1.807) is 0 Å². The lowest BCUT2D eigenvalue weighted by molar-refractivity contribution is -0.134. The molecular weight excluding hydrogens is 228 g/mol. The van der Waals surface area contributed by atoms with Crippen molar-refractivity contribution in [1.82, 2.24) is 4.90 Å². The van der Waals surface area contributed by atoms with E-state index in [1.807, 2.05) is 23.1 Å². The van der Waals surface area contributed by atoms with Crippen molar-refractivity contribution in [1.29, 1.82) is 0 Å². The molecule has 0 bridgehead atoms. The molecule has 4 heteroatoms. The first-order valence-corrected chi connectivity index (χ1v) is 6.42. The highest BCUT2D eigenvalue weighted by molar-refractivity contribution is 5.76. The Morgan fingerprint density at radius 1 is 1.33 bits per heavy atom. The van der Waals surface area contributed by atoms with Crippen LogP contribution in [0.3, 0.4) is 0 Å². The van der Waals surface area contributed by atoms with Crippen LogP contribution in [0.25, 0.3) is 0 Å². The maximum atomic E-state index is 11.9. The van der Waals surface area contributed by atoms with E-state index in [-0.39, 0.29) is 5.91 Å². The summed E-state index contributed by atoms with van der Waals surface area (Å²) >= 11 is 0. The van der Waals surface area contributed by atoms with Gasteiger partial charge in [0, 0.05) is 31.7 Å². The molecule has 98 valence electrons. The summed E-state index contributed by atoms with van der Waals surface area (Å²) in [7, 11) is 0. The molecule has 0 radical (unpaired) electrons. The molecule has 18 heavy (non-hydrogen) atoms. The van der Waals surface area contributed by atoms with E-state index < -0.39 is 0 Å². The van der Waals surface area contributed by atoms with Gasteiger partial charge in [-0.2, -0.15) is 0 Å². The summed E-state index contributed by atoms with van der Waals surface area (Å²) < 4.78 is 5.23. The minimum Gasteiger partial charge on any atom is -0.384 e. The molecule has 1 aromatic rings. The monoisotopic (exact) mass is 248 g/mol. The van der Waals surface area contributed by atoms with Crippen LogP contribution in [0.15, 0.2) is 24.3 Å². The second-order valence-corrected chi connectivity index (χ2v) is 4.48. The van der Waals surface area contributed by atoms with Crippen LogP contribution in [0.1, 0.15) is 12.0 Å². The van der Waals surface area contributed by atoms with Gasteiger partial charge in [-0.05, 0) is 18.6 Å². The van der Waals surface area contributed by atoms with Crippen molar-refractivity contribution in [2.45, 2.75) is 13.3 Å². The first-order valence-electron chi connectivity index (χ1n) is 6.42. The third kappa shape index (κ3) is 3.47. The highest BCUT2D eigenvalue weighted by Gasteiger charge is 2.15. The molecule has 0 atom stereocenters. The zero-order chi connectivity index (χ0) is 12.8. The van der Waals surface area contributed by atoms with Crippen molar-refractivity contribution in [3.63, 3.8) is 0 Å². The second-order valence-electron chi connectivity index (χ2n) is 4.48. The number of carbonyl (C=O) groups is 1. The maximum Gasteiger partial charge on any atom is 0.224 e. The summed E-state index contributed by atoms with van der Waals surface area (Å²) in [5, 5.41) is 3.30. The van der Waals surface area contributed by atoms with Gasteiger partial charge in [0.05, 0.1) is 13.2 Å². The summed E-state index contributed by atoms with van der Waals surface area (Å²) in [6, 6.07) is 8.11. The number of rotatable bonds is 4. The molecule has 0 aromatic heterocycles. The normalized spacial score (nSPS) is 15.5. The fourth-order valence-electron chi connectivity index (χ4n) is 2.05. The van der Waals surface area contributed by atoms with Gasteiger partial charge < -0.3 is 15.0 Å². The van der Waals surface area contributed by atoms with E-state index in [4.69, 9.17) is 4.74 Å². The van der Waals surface area contributed by atoms with Crippen LogP contribution in [0.2, 0.25) is 0 Å². The number of nitrogens with one attached hydrogen (secondary N) is 1. The molecule has 1 aliphatic heterocycles. The lowest BCUT2D eigenvalue weighted by Gasteiger charge is -2.27. The molecule has 1 fully saturated rings. The Morgan fingerprint density at radius 3 is 2.78 bits per heavy atom. The number of aryl methyl sites for hydroxylation is 1. The van der Waals surface area contributed by atoms with E-state index in [0.29, 0.717) is 26.2 Å². The van der Waals surface area contributed by atoms with Crippen molar-refractivity contribution >= 4 is 11.6 Å². The van der Waals surface area contributed by atoms with Crippen LogP contribution < -0.4 is 5.32 Å². The van der Waals surface area contributed by atoms with Gasteiger partial charge in [0.2, 0.25) is 5.91 Å². The average molecular weight is 248 g/mol. The third-order valence-corrected chi connectivity index (χ3v) is 3.16. The predicted molar refractivity (Wildman–Crippen MR) is 71.7 cm³/mol. The number of benzene rings is 1. The quantitative estimate of drug-likeness (QED) is 0.881. The SMILES string of the molecule is Cc1ccccc1NCCC(=O)N1CCOCC1. The molecule has 4 nitrogen and oxygen atoms in total. The van der Waals surface area contributed by atoms with Crippen LogP contribution in [-0.2, 0) is 9.53 Å². The number of hydrogen-bond donors (Lipinski definition) is 1. The average Bonchev–Trinajstić information content (AvgIpc) is 2.42. The van der Waals surface area contributed by atoms with Gasteiger partial charge in [-0.3, -0.25) is 4.79 Å². The molecule has 2 rings (SSSR count). The van der Waals surface area contributed by atoms with Crippen LogP contribution in [0.5, 0.6) is 0 Å². The summed E-state index contributed by atoms with van der Waals surface area (Å²) in [5.74, 6) is 0.208. The summed E-state index contributed by atoms with van der Waals surface area (Å²) in [4.78, 5) is 13.8. The van der Waals surface area contributed by atoms with Crippen molar-refractivity contribution in [3.8, 4) is 0 Å². The van der Waals surface area contributed by atoms with Gasteiger partial charge in [0.15, 0.2) is 0 Å². The van der Waals surface area contributed by atoms with E-state index >= 15 is 0 Å². The predicted octanol–water partition coefficient (Wildman–Crippen LogP) is 1.66. The Hall–Kier alpha value is -1.55. The second kappa shape index (κ2) is 6.40. The molecule has 1 amide bonds. The third-order valence-electron chi connectivity index (χ3n) is 3.16. The molecule has 0 unspecified atom stereocenters. The van der Waals surface area contributed by atoms with E-state index in [1.165, 1.54) is 5.56 Å². The number of amides is 1. The number of para-hydroxylation sites is 1. The number of ether oxygens (including phenoxy) is 1. The van der Waals surface area contributed by atoms with Crippen LogP contribution in [0, 0.1) is 6.92 Å². The van der Waals surface area contributed by atoms with Crippen LogP contribution in [0.4, 0.5) is 5.69 Å². The number of anilines is 1. The van der Waals surface area contributed by atoms with Gasteiger partial charge in [-0.25, -0.2) is 0 Å². The largest absolute Gasteiger partial charge is 0.384 e. The van der Waals surface area contributed by atoms with Crippen LogP contribution >= 0.6 is 0 Å². The fourth-order valence-corrected chi connectivity index (χ4v) is 2.05. The minimum atomic E-state index is 0.208. The topological polar surface area (TPSA) is 41.6 Å². The summed E-state index contributed by atoms with van der Waals surface area (Å²) in [6.45, 7) is 5.52. The number of carbonyl (C=O) groups excluding carboxylic acids is 1. The van der Waals surface area contributed by atoms with Crippen LogP contribution in [-0.4, -0.2) is 43.7 Å². The molecule has 0 aliphatic carbocycles. The van der Waals surface area contributed by atoms with Gasteiger partial charge in [-0.1, -0.05) is 18.2 Å². The lowest BCUT2D eigenvalue weighted by atomic mass is 10.2. The van der Waals surface area contributed by atoms with E-state index in [2.05, 4.69) is 18.3 Å². The molecule has 1 saturated heterocycles. The minimum absolute atomic E-state index is 0.208. The number of nitrogens with zero attached hydrogens (tertiary/aromatic N) is 1. The molecule has 0 spiro atoms. The first-order chi connectivity index (χ1) is 8.77. The summed E-state index contributed by atoms with van der Waals surface area (Å²) in [6.07, 6.45) is 0.536. The van der Waals surface area contributed by atoms with Gasteiger partial charge in [0.1, 0.15) is 0 Å². The zero-order valence-corrected chi connectivity index (χ0v) is 10.8. The Balaban J connectivity index is 1.75. The van der Waals surface area contributed by atoms with Crippen molar-refractivity contribution < 1.29 is 9.53 Å². The van der Waals surface area contributed by atoms with Gasteiger partial charge in [-0.15, -0.1) is 0 Å². The zero-order valence-electron chi connectivity index (χ0n) is 10.8. The van der Waals surface area contributed by atoms with Gasteiger partial charge in [0.25, 0.3) is 0 Å². The summed E-state index contributed by atoms with van der Waals surface area (Å²) in [5.41, 5.74) is 2.31. The molecular formula is C14H20N2O2. The first kappa shape index (κ1) is 12.9. The maximum absolute atomic E-state index is 11.9. The Bertz CT molecular complexity index is 401. The smallest absolute Gasteiger partial charge is 0.224 e. The Labute approximate surface area is 108 Å². The highest BCUT2D eigenvalue weighted by atomic mass is 16.5. The number of hydrogen-bond acceptors (Lipinski definition) is 3. The van der Waals surface area contributed by atoms with Gasteiger partial charge >= 0.3 is 0 Å². The van der Waals surface area contributed by atoms with Crippen molar-refractivity contribution in [3.05, 3.63) is 29.8 Å². The Kier molecular flexibility index (Phi) is 4.59. The highest BCUT2D eigenvalue weighted by Crippen LogP contribution is 2.13. The Morgan fingerprint density at radius 2 is 2.06 bits per heavy atom. The number of morpholine rings is 1. The molecule has 1 aromatic carbocycles. The molecule has 0 saturated carbocycles. The molecule has 1 aliphatic rings. The fraction of sp³-hybridized carbons (Fsp3) is 0.500. The standard InChI is InChI=1S/C14H20N2O2/c1-12-4-2-3-5-13(12)15-7-6-14(17)16-8-10-18-11-9-16/h2-5,15H,6-11H2,1H3. The van der Waals surface area contributed by atoms with E-state index in [9.17, 15) is 4.79 Å². The van der Waals surface area contributed by atoms with Crippen molar-refractivity contribution in [2.24, 2.45) is 0 Å².